The van der Waals surface area contributed by atoms with Crippen LogP contribution in [0, 0.1) is 0 Å². The van der Waals surface area contributed by atoms with E-state index in [0.717, 1.165) is 18.7 Å². The maximum Gasteiger partial charge on any atom is 0.248 e. The van der Waals surface area contributed by atoms with Gasteiger partial charge in [0.05, 0.1) is 12.9 Å². The van der Waals surface area contributed by atoms with E-state index in [1.165, 1.54) is 16.5 Å². The summed E-state index contributed by atoms with van der Waals surface area (Å²) in [5.74, 6) is -0.402. The van der Waals surface area contributed by atoms with Crippen LogP contribution in [0.1, 0.15) is 21.5 Å². The Balaban J connectivity index is 1.68. The first kappa shape index (κ1) is 15.2. The normalized spacial score (nSPS) is 11.0. The molecule has 0 saturated carbocycles. The number of primary amides is 1. The number of nitrogens with zero attached hydrogens (tertiary/aromatic N) is 3. The highest BCUT2D eigenvalue weighted by Crippen LogP contribution is 2.23. The number of nitrogens with two attached hydrogens (primary N) is 1. The van der Waals surface area contributed by atoms with Crippen molar-refractivity contribution in [3.05, 3.63) is 90.1 Å². The summed E-state index contributed by atoms with van der Waals surface area (Å²) in [6.45, 7) is 1.53. The van der Waals surface area contributed by atoms with Crippen LogP contribution in [0.15, 0.2) is 73.4 Å². The third kappa shape index (κ3) is 3.04. The van der Waals surface area contributed by atoms with Gasteiger partial charge in [0, 0.05) is 41.6 Å². The molecule has 0 fully saturated rings. The van der Waals surface area contributed by atoms with Crippen molar-refractivity contribution in [3.8, 4) is 0 Å². The fourth-order valence-corrected chi connectivity index (χ4v) is 3.13. The Morgan fingerprint density at radius 3 is 2.56 bits per heavy atom. The molecule has 0 saturated heterocycles. The molecule has 4 aromatic rings. The molecule has 2 N–H and O–H groups in total. The minimum Gasteiger partial charge on any atom is -0.366 e. The van der Waals surface area contributed by atoms with Gasteiger partial charge in [-0.15, -0.1) is 0 Å². The molecular weight excluding hydrogens is 312 g/mol. The van der Waals surface area contributed by atoms with Crippen LogP contribution in [0.2, 0.25) is 0 Å². The number of para-hydroxylation sites is 1. The highest BCUT2D eigenvalue weighted by Gasteiger charge is 2.09. The van der Waals surface area contributed by atoms with E-state index in [1.54, 1.807) is 18.3 Å². The van der Waals surface area contributed by atoms with Gasteiger partial charge in [-0.2, -0.15) is 0 Å². The van der Waals surface area contributed by atoms with Gasteiger partial charge in [0.25, 0.3) is 0 Å². The van der Waals surface area contributed by atoms with Gasteiger partial charge >= 0.3 is 0 Å². The molecule has 0 aliphatic rings. The number of carbonyl (C=O) groups excluding carboxylic acids is 1. The number of aromatic nitrogens is 3. The van der Waals surface area contributed by atoms with Gasteiger partial charge in [-0.25, -0.2) is 4.98 Å². The summed E-state index contributed by atoms with van der Waals surface area (Å²) >= 11 is 0. The zero-order valence-electron chi connectivity index (χ0n) is 13.7. The molecule has 2 heterocycles. The molecule has 1 amide bonds. The van der Waals surface area contributed by atoms with Gasteiger partial charge in [-0.1, -0.05) is 30.3 Å². The first-order valence-corrected chi connectivity index (χ1v) is 8.12. The van der Waals surface area contributed by atoms with Gasteiger partial charge in [0.15, 0.2) is 0 Å². The average molecular weight is 330 g/mol. The molecule has 25 heavy (non-hydrogen) atoms. The largest absolute Gasteiger partial charge is 0.366 e. The van der Waals surface area contributed by atoms with Crippen molar-refractivity contribution in [1.82, 2.24) is 14.1 Å². The van der Waals surface area contributed by atoms with Crippen molar-refractivity contribution in [2.24, 2.45) is 5.73 Å². The molecule has 0 radical (unpaired) electrons. The topological polar surface area (TPSA) is 65.8 Å². The standard InChI is InChI=1S/C20H18N4O/c21-20(25)16-7-5-15(6-8-16)11-24-13-17(12-23-10-9-22-14-23)18-3-1-2-4-19(18)24/h1-10,13-14H,11-12H2,(H2,21,25). The number of carbonyl (C=O) groups is 1. The maximum atomic E-state index is 11.2. The minimum absolute atomic E-state index is 0.402. The molecule has 0 bridgehead atoms. The molecule has 0 aliphatic heterocycles. The van der Waals surface area contributed by atoms with Gasteiger partial charge in [0.1, 0.15) is 0 Å². The molecule has 2 aromatic heterocycles. The zero-order chi connectivity index (χ0) is 17.2. The molecule has 0 spiro atoms. The third-order valence-electron chi connectivity index (χ3n) is 4.37. The summed E-state index contributed by atoms with van der Waals surface area (Å²) in [4.78, 5) is 15.3. The highest BCUT2D eigenvalue weighted by atomic mass is 16.1. The molecule has 124 valence electrons. The van der Waals surface area contributed by atoms with Crippen LogP contribution < -0.4 is 5.73 Å². The van der Waals surface area contributed by atoms with Crippen molar-refractivity contribution in [2.45, 2.75) is 13.1 Å². The first-order chi connectivity index (χ1) is 12.2. The summed E-state index contributed by atoms with van der Waals surface area (Å²) in [5, 5.41) is 1.24. The molecule has 0 unspecified atom stereocenters. The highest BCUT2D eigenvalue weighted by molar-refractivity contribution is 5.92. The Kier molecular flexibility index (Phi) is 3.82. The van der Waals surface area contributed by atoms with Gasteiger partial charge in [-0.3, -0.25) is 4.79 Å². The second-order valence-corrected chi connectivity index (χ2v) is 6.10. The van der Waals surface area contributed by atoms with Crippen molar-refractivity contribution >= 4 is 16.8 Å². The van der Waals surface area contributed by atoms with Crippen LogP contribution in [0.5, 0.6) is 0 Å². The Morgan fingerprint density at radius 2 is 1.84 bits per heavy atom. The second kappa shape index (κ2) is 6.28. The Morgan fingerprint density at radius 1 is 1.04 bits per heavy atom. The lowest BCUT2D eigenvalue weighted by Gasteiger charge is -2.06. The molecule has 0 aliphatic carbocycles. The number of imidazole rings is 1. The number of benzene rings is 2. The SMILES string of the molecule is NC(=O)c1ccc(Cn2cc(Cn3ccnc3)c3ccccc32)cc1. The Hall–Kier alpha value is -3.34. The van der Waals surface area contributed by atoms with Gasteiger partial charge < -0.3 is 14.9 Å². The van der Waals surface area contributed by atoms with Crippen LogP contribution in [0.25, 0.3) is 10.9 Å². The summed E-state index contributed by atoms with van der Waals surface area (Å²) < 4.78 is 4.30. The summed E-state index contributed by atoms with van der Waals surface area (Å²) in [7, 11) is 0. The van der Waals surface area contributed by atoms with Crippen molar-refractivity contribution in [3.63, 3.8) is 0 Å². The van der Waals surface area contributed by atoms with Crippen LogP contribution in [0.3, 0.4) is 0 Å². The monoisotopic (exact) mass is 330 g/mol. The smallest absolute Gasteiger partial charge is 0.248 e. The molecule has 4 rings (SSSR count). The lowest BCUT2D eigenvalue weighted by atomic mass is 10.1. The number of hydrogen-bond donors (Lipinski definition) is 1. The fourth-order valence-electron chi connectivity index (χ4n) is 3.13. The van der Waals surface area contributed by atoms with E-state index in [4.69, 9.17) is 5.73 Å². The van der Waals surface area contributed by atoms with Crippen LogP contribution in [-0.2, 0) is 13.1 Å². The molecule has 2 aromatic carbocycles. The predicted octanol–water partition coefficient (Wildman–Crippen LogP) is 3.03. The van der Waals surface area contributed by atoms with E-state index >= 15 is 0 Å². The summed E-state index contributed by atoms with van der Waals surface area (Å²) in [6, 6.07) is 15.8. The number of amides is 1. The van der Waals surface area contributed by atoms with Gasteiger partial charge in [-0.05, 0) is 29.3 Å². The molecule has 5 heteroatoms. The summed E-state index contributed by atoms with van der Waals surface area (Å²) in [6.07, 6.45) is 7.77. The van der Waals surface area contributed by atoms with Crippen LogP contribution >= 0.6 is 0 Å². The minimum atomic E-state index is -0.402. The van der Waals surface area contributed by atoms with Crippen molar-refractivity contribution in [2.75, 3.05) is 0 Å². The summed E-state index contributed by atoms with van der Waals surface area (Å²) in [5.41, 5.74) is 9.40. The lowest BCUT2D eigenvalue weighted by Crippen LogP contribution is -2.10. The predicted molar refractivity (Wildman–Crippen MR) is 97.3 cm³/mol. The van der Waals surface area contributed by atoms with Crippen molar-refractivity contribution < 1.29 is 4.79 Å². The Labute approximate surface area is 145 Å². The van der Waals surface area contributed by atoms with E-state index in [2.05, 4.69) is 44.6 Å². The second-order valence-electron chi connectivity index (χ2n) is 6.10. The number of fused-ring (bicyclic) bond motifs is 1. The quantitative estimate of drug-likeness (QED) is 0.611. The molecule has 0 atom stereocenters. The Bertz CT molecular complexity index is 1010. The van der Waals surface area contributed by atoms with E-state index in [0.29, 0.717) is 5.56 Å². The first-order valence-electron chi connectivity index (χ1n) is 8.12. The van der Waals surface area contributed by atoms with Gasteiger partial charge in [0.2, 0.25) is 5.91 Å². The van der Waals surface area contributed by atoms with E-state index in [-0.39, 0.29) is 0 Å². The van der Waals surface area contributed by atoms with E-state index in [1.807, 2.05) is 24.7 Å². The van der Waals surface area contributed by atoms with Crippen LogP contribution in [-0.4, -0.2) is 20.0 Å². The molecular formula is C20H18N4O. The van der Waals surface area contributed by atoms with Crippen LogP contribution in [0.4, 0.5) is 0 Å². The average Bonchev–Trinajstić information content (AvgIpc) is 3.25. The van der Waals surface area contributed by atoms with E-state index < -0.39 is 5.91 Å². The third-order valence-corrected chi connectivity index (χ3v) is 4.37. The van der Waals surface area contributed by atoms with E-state index in [9.17, 15) is 4.79 Å². The fraction of sp³-hybridized carbons (Fsp3) is 0.100. The zero-order valence-corrected chi connectivity index (χ0v) is 13.7. The number of hydrogen-bond acceptors (Lipinski definition) is 2. The lowest BCUT2D eigenvalue weighted by molar-refractivity contribution is 0.100. The van der Waals surface area contributed by atoms with Crippen molar-refractivity contribution in [1.29, 1.82) is 0 Å². The number of rotatable bonds is 5. The molecule has 5 nitrogen and oxygen atoms in total. The maximum absolute atomic E-state index is 11.2.